The van der Waals surface area contributed by atoms with Crippen LogP contribution in [-0.4, -0.2) is 25.2 Å². The average Bonchev–Trinajstić information content (AvgIpc) is 2.77. The maximum atomic E-state index is 11.9. The molecule has 7 heteroatoms. The van der Waals surface area contributed by atoms with Crippen LogP contribution in [0.25, 0.3) is 0 Å². The monoisotopic (exact) mass is 305 g/mol. The third-order valence-electron chi connectivity index (χ3n) is 2.63. The van der Waals surface area contributed by atoms with E-state index in [1.54, 1.807) is 0 Å². The maximum absolute atomic E-state index is 11.9. The van der Waals surface area contributed by atoms with Gasteiger partial charge in [0.05, 0.1) is 11.8 Å². The van der Waals surface area contributed by atoms with E-state index in [4.69, 9.17) is 5.11 Å². The molecular formula is C12H19NO4S2. The molecule has 0 radical (unpaired) electrons. The molecule has 5 nitrogen and oxygen atoms in total. The standard InChI is InChI=1S/C12H19NO4S2/c1-9(2)12(10-5-3-7-18-10)13-19(16,17)8-4-6-11(14)15/h3,5,7,9,12-13H,4,6,8H2,1-2H3,(H,14,15). The molecule has 1 unspecified atom stereocenters. The van der Waals surface area contributed by atoms with E-state index in [1.165, 1.54) is 11.3 Å². The van der Waals surface area contributed by atoms with Crippen LogP contribution < -0.4 is 4.72 Å². The molecule has 0 aromatic carbocycles. The summed E-state index contributed by atoms with van der Waals surface area (Å²) in [5.41, 5.74) is 0. The first kappa shape index (κ1) is 16.1. The van der Waals surface area contributed by atoms with Crippen LogP contribution >= 0.6 is 11.3 Å². The van der Waals surface area contributed by atoms with E-state index in [-0.39, 0.29) is 30.6 Å². The minimum absolute atomic E-state index is 0.125. The lowest BCUT2D eigenvalue weighted by Gasteiger charge is -2.21. The van der Waals surface area contributed by atoms with Gasteiger partial charge in [0.1, 0.15) is 0 Å². The van der Waals surface area contributed by atoms with Gasteiger partial charge >= 0.3 is 5.97 Å². The lowest BCUT2D eigenvalue weighted by molar-refractivity contribution is -0.137. The van der Waals surface area contributed by atoms with E-state index in [0.717, 1.165) is 4.88 Å². The largest absolute Gasteiger partial charge is 0.481 e. The first-order valence-corrected chi connectivity index (χ1v) is 8.60. The Morgan fingerprint density at radius 2 is 2.16 bits per heavy atom. The highest BCUT2D eigenvalue weighted by atomic mass is 32.2. The number of hydrogen-bond acceptors (Lipinski definition) is 4. The molecule has 0 spiro atoms. The fraction of sp³-hybridized carbons (Fsp3) is 0.583. The smallest absolute Gasteiger partial charge is 0.303 e. The Kier molecular flexibility index (Phi) is 5.96. The molecule has 2 N–H and O–H groups in total. The minimum Gasteiger partial charge on any atom is -0.481 e. The molecule has 19 heavy (non-hydrogen) atoms. The van der Waals surface area contributed by atoms with Crippen LogP contribution in [0.4, 0.5) is 0 Å². The van der Waals surface area contributed by atoms with Gasteiger partial charge in [-0.25, -0.2) is 13.1 Å². The number of carboxylic acids is 1. The molecule has 0 saturated heterocycles. The van der Waals surface area contributed by atoms with E-state index >= 15 is 0 Å². The second-order valence-electron chi connectivity index (χ2n) is 4.67. The summed E-state index contributed by atoms with van der Waals surface area (Å²) in [5.74, 6) is -1.00. The molecule has 1 heterocycles. The Bertz CT molecular complexity index is 494. The summed E-state index contributed by atoms with van der Waals surface area (Å²) in [7, 11) is -3.45. The fourth-order valence-electron chi connectivity index (χ4n) is 1.66. The van der Waals surface area contributed by atoms with Crippen molar-refractivity contribution in [3.63, 3.8) is 0 Å². The van der Waals surface area contributed by atoms with E-state index in [1.807, 2.05) is 31.4 Å². The van der Waals surface area contributed by atoms with Crippen molar-refractivity contribution in [2.75, 3.05) is 5.75 Å². The van der Waals surface area contributed by atoms with Crippen LogP contribution in [0, 0.1) is 5.92 Å². The zero-order valence-corrected chi connectivity index (χ0v) is 12.6. The number of thiophene rings is 1. The molecule has 108 valence electrons. The van der Waals surface area contributed by atoms with Gasteiger partial charge in [0.15, 0.2) is 0 Å². The molecule has 0 aliphatic rings. The molecule has 0 aliphatic carbocycles. The number of nitrogens with one attached hydrogen (secondary N) is 1. The molecule has 1 rings (SSSR count). The van der Waals surface area contributed by atoms with Gasteiger partial charge < -0.3 is 5.11 Å². The first-order valence-electron chi connectivity index (χ1n) is 6.07. The van der Waals surface area contributed by atoms with Crippen LogP contribution in [0.3, 0.4) is 0 Å². The number of aliphatic carboxylic acids is 1. The highest BCUT2D eigenvalue weighted by Crippen LogP contribution is 2.26. The Hall–Kier alpha value is -0.920. The zero-order valence-electron chi connectivity index (χ0n) is 11.0. The summed E-state index contributed by atoms with van der Waals surface area (Å²) in [6, 6.07) is 3.53. The van der Waals surface area contributed by atoms with E-state index < -0.39 is 16.0 Å². The van der Waals surface area contributed by atoms with Crippen molar-refractivity contribution in [2.45, 2.75) is 32.7 Å². The van der Waals surface area contributed by atoms with Crippen molar-refractivity contribution < 1.29 is 18.3 Å². The third kappa shape index (κ3) is 5.71. The second kappa shape index (κ2) is 7.02. The Labute approximate surface area is 117 Å². The Morgan fingerprint density at radius 1 is 1.47 bits per heavy atom. The van der Waals surface area contributed by atoms with Crippen LogP contribution in [0.2, 0.25) is 0 Å². The van der Waals surface area contributed by atoms with E-state index in [9.17, 15) is 13.2 Å². The molecule has 0 saturated carbocycles. The summed E-state index contributed by atoms with van der Waals surface area (Å²) in [6.07, 6.45) is -0.00776. The molecule has 0 bridgehead atoms. The number of carboxylic acid groups (broad SMARTS) is 1. The van der Waals surface area contributed by atoms with Gasteiger partial charge in [0.2, 0.25) is 10.0 Å². The number of hydrogen-bond donors (Lipinski definition) is 2. The van der Waals surface area contributed by atoms with Crippen molar-refractivity contribution in [3.05, 3.63) is 22.4 Å². The molecule has 1 aromatic heterocycles. The summed E-state index contributed by atoms with van der Waals surface area (Å²) in [4.78, 5) is 11.4. The molecule has 1 aromatic rings. The molecule has 1 atom stereocenters. The van der Waals surface area contributed by atoms with Gasteiger partial charge in [-0.2, -0.15) is 0 Å². The molecular weight excluding hydrogens is 286 g/mol. The topological polar surface area (TPSA) is 83.5 Å². The molecule has 0 amide bonds. The highest BCUT2D eigenvalue weighted by molar-refractivity contribution is 7.89. The number of carbonyl (C=O) groups is 1. The molecule has 0 fully saturated rings. The lowest BCUT2D eigenvalue weighted by atomic mass is 10.0. The second-order valence-corrected chi connectivity index (χ2v) is 7.52. The fourth-order valence-corrected chi connectivity index (χ4v) is 4.11. The van der Waals surface area contributed by atoms with Gasteiger partial charge in [-0.05, 0) is 23.8 Å². The van der Waals surface area contributed by atoms with Crippen LogP contribution in [-0.2, 0) is 14.8 Å². The predicted octanol–water partition coefficient (Wildman–Crippen LogP) is 2.23. The highest BCUT2D eigenvalue weighted by Gasteiger charge is 2.23. The lowest BCUT2D eigenvalue weighted by Crippen LogP contribution is -2.33. The van der Waals surface area contributed by atoms with Gasteiger partial charge in [0, 0.05) is 11.3 Å². The molecule has 0 aliphatic heterocycles. The maximum Gasteiger partial charge on any atom is 0.303 e. The summed E-state index contributed by atoms with van der Waals surface area (Å²) >= 11 is 1.51. The van der Waals surface area contributed by atoms with Gasteiger partial charge in [-0.1, -0.05) is 19.9 Å². The van der Waals surface area contributed by atoms with Gasteiger partial charge in [-0.15, -0.1) is 11.3 Å². The SMILES string of the molecule is CC(C)C(NS(=O)(=O)CCCC(=O)O)c1cccs1. The van der Waals surface area contributed by atoms with E-state index in [0.29, 0.717) is 0 Å². The minimum atomic E-state index is -3.45. The van der Waals surface area contributed by atoms with Crippen molar-refractivity contribution in [2.24, 2.45) is 5.92 Å². The summed E-state index contributed by atoms with van der Waals surface area (Å²) < 4.78 is 26.5. The number of rotatable bonds is 8. The van der Waals surface area contributed by atoms with Gasteiger partial charge in [-0.3, -0.25) is 4.79 Å². The quantitative estimate of drug-likeness (QED) is 0.771. The Balaban J connectivity index is 2.66. The Morgan fingerprint density at radius 3 is 2.63 bits per heavy atom. The van der Waals surface area contributed by atoms with E-state index in [2.05, 4.69) is 4.72 Å². The summed E-state index contributed by atoms with van der Waals surface area (Å²) in [6.45, 7) is 3.90. The van der Waals surface area contributed by atoms with Crippen LogP contribution in [0.15, 0.2) is 17.5 Å². The van der Waals surface area contributed by atoms with Crippen molar-refractivity contribution >= 4 is 27.3 Å². The normalized spacial score (nSPS) is 13.6. The summed E-state index contributed by atoms with van der Waals surface area (Å²) in [5, 5.41) is 10.4. The van der Waals surface area contributed by atoms with Crippen molar-refractivity contribution in [1.82, 2.24) is 4.72 Å². The van der Waals surface area contributed by atoms with Crippen LogP contribution in [0.1, 0.15) is 37.6 Å². The first-order chi connectivity index (χ1) is 8.82. The van der Waals surface area contributed by atoms with Gasteiger partial charge in [0.25, 0.3) is 0 Å². The van der Waals surface area contributed by atoms with Crippen LogP contribution in [0.5, 0.6) is 0 Å². The predicted molar refractivity (Wildman–Crippen MR) is 75.7 cm³/mol. The average molecular weight is 305 g/mol. The number of sulfonamides is 1. The third-order valence-corrected chi connectivity index (χ3v) is 5.02. The zero-order chi connectivity index (χ0) is 14.5. The van der Waals surface area contributed by atoms with Crippen molar-refractivity contribution in [1.29, 1.82) is 0 Å². The van der Waals surface area contributed by atoms with Crippen molar-refractivity contribution in [3.8, 4) is 0 Å².